The van der Waals surface area contributed by atoms with E-state index in [1.54, 1.807) is 11.8 Å². The lowest BCUT2D eigenvalue weighted by Crippen LogP contribution is -2.30. The average molecular weight is 305 g/mol. The van der Waals surface area contributed by atoms with Crippen molar-refractivity contribution in [2.24, 2.45) is 0 Å². The molecule has 0 bridgehead atoms. The highest BCUT2D eigenvalue weighted by Crippen LogP contribution is 2.35. The molecule has 0 unspecified atom stereocenters. The Bertz CT molecular complexity index is 669. The second-order valence-corrected chi connectivity index (χ2v) is 6.00. The van der Waals surface area contributed by atoms with Crippen LogP contribution in [0.3, 0.4) is 0 Å². The van der Waals surface area contributed by atoms with E-state index in [1.165, 1.54) is 0 Å². The van der Waals surface area contributed by atoms with Gasteiger partial charge in [0.1, 0.15) is 11.6 Å². The molecular weight excluding hydrogens is 292 g/mol. The number of carbonyl (C=O) groups excluding carboxylic acids is 1. The van der Waals surface area contributed by atoms with Gasteiger partial charge in [-0.25, -0.2) is 8.78 Å². The van der Waals surface area contributed by atoms with Gasteiger partial charge in [-0.2, -0.15) is 0 Å². The molecule has 2 nitrogen and oxygen atoms in total. The Hall–Kier alpha value is -1.88. The van der Waals surface area contributed by atoms with Crippen LogP contribution in [0.15, 0.2) is 47.4 Å². The summed E-state index contributed by atoms with van der Waals surface area (Å²) in [5, 5.41) is 2.86. The SMILES string of the molecule is O=C(N[C@H]1CCSc2ccccc21)c1cc(F)cc(F)c1. The number of nitrogens with one attached hydrogen (secondary N) is 1. The molecule has 3 rings (SSSR count). The van der Waals surface area contributed by atoms with Gasteiger partial charge in [-0.3, -0.25) is 4.79 Å². The van der Waals surface area contributed by atoms with Crippen molar-refractivity contribution in [3.63, 3.8) is 0 Å². The van der Waals surface area contributed by atoms with Gasteiger partial charge in [0.15, 0.2) is 0 Å². The molecular formula is C16H13F2NOS. The average Bonchev–Trinajstić information content (AvgIpc) is 2.46. The second kappa shape index (κ2) is 5.85. The first-order chi connectivity index (χ1) is 10.1. The van der Waals surface area contributed by atoms with Crippen molar-refractivity contribution in [3.8, 4) is 0 Å². The molecule has 2 aromatic rings. The quantitative estimate of drug-likeness (QED) is 0.911. The smallest absolute Gasteiger partial charge is 0.251 e. The van der Waals surface area contributed by atoms with Crippen molar-refractivity contribution in [2.75, 3.05) is 5.75 Å². The molecule has 1 atom stereocenters. The van der Waals surface area contributed by atoms with Crippen LogP contribution in [0.2, 0.25) is 0 Å². The maximum absolute atomic E-state index is 13.2. The Labute approximate surface area is 125 Å². The van der Waals surface area contributed by atoms with Gasteiger partial charge < -0.3 is 5.32 Å². The summed E-state index contributed by atoms with van der Waals surface area (Å²) >= 11 is 1.75. The lowest BCUT2D eigenvalue weighted by Gasteiger charge is -2.25. The van der Waals surface area contributed by atoms with Crippen LogP contribution in [-0.4, -0.2) is 11.7 Å². The van der Waals surface area contributed by atoms with E-state index in [0.717, 1.165) is 40.8 Å². The number of fused-ring (bicyclic) bond motifs is 1. The van der Waals surface area contributed by atoms with Crippen molar-refractivity contribution >= 4 is 17.7 Å². The zero-order valence-electron chi connectivity index (χ0n) is 11.1. The van der Waals surface area contributed by atoms with Crippen LogP contribution < -0.4 is 5.32 Å². The fraction of sp³-hybridized carbons (Fsp3) is 0.188. The van der Waals surface area contributed by atoms with E-state index in [1.807, 2.05) is 24.3 Å². The summed E-state index contributed by atoms with van der Waals surface area (Å²) in [7, 11) is 0. The van der Waals surface area contributed by atoms with Gasteiger partial charge in [0.2, 0.25) is 0 Å². The molecule has 1 N–H and O–H groups in total. The number of halogens is 2. The zero-order valence-corrected chi connectivity index (χ0v) is 11.9. The van der Waals surface area contributed by atoms with E-state index in [2.05, 4.69) is 5.32 Å². The Balaban J connectivity index is 1.82. The van der Waals surface area contributed by atoms with Crippen LogP contribution in [0.4, 0.5) is 8.78 Å². The van der Waals surface area contributed by atoms with Crippen LogP contribution >= 0.6 is 11.8 Å². The first kappa shape index (κ1) is 14.1. The van der Waals surface area contributed by atoms with Crippen molar-refractivity contribution in [3.05, 3.63) is 65.2 Å². The topological polar surface area (TPSA) is 29.1 Å². The second-order valence-electron chi connectivity index (χ2n) is 4.86. The highest BCUT2D eigenvalue weighted by molar-refractivity contribution is 7.99. The largest absolute Gasteiger partial charge is 0.345 e. The Kier molecular flexibility index (Phi) is 3.92. The predicted octanol–water partition coefficient (Wildman–Crippen LogP) is 3.93. The molecule has 108 valence electrons. The molecule has 0 saturated carbocycles. The van der Waals surface area contributed by atoms with E-state index in [0.29, 0.717) is 0 Å². The fourth-order valence-electron chi connectivity index (χ4n) is 2.42. The van der Waals surface area contributed by atoms with E-state index in [9.17, 15) is 13.6 Å². The van der Waals surface area contributed by atoms with Gasteiger partial charge in [0.25, 0.3) is 5.91 Å². The number of carbonyl (C=O) groups is 1. The van der Waals surface area contributed by atoms with Crippen molar-refractivity contribution in [1.82, 2.24) is 5.32 Å². The molecule has 1 aliphatic rings. The molecule has 0 fully saturated rings. The lowest BCUT2D eigenvalue weighted by molar-refractivity contribution is 0.0934. The van der Waals surface area contributed by atoms with Crippen molar-refractivity contribution in [1.29, 1.82) is 0 Å². The van der Waals surface area contributed by atoms with Gasteiger partial charge in [-0.05, 0) is 30.2 Å². The Morgan fingerprint density at radius 1 is 1.14 bits per heavy atom. The summed E-state index contributed by atoms with van der Waals surface area (Å²) in [6.07, 6.45) is 0.797. The standard InChI is InChI=1S/C16H13F2NOS/c17-11-7-10(8-12(18)9-11)16(20)19-14-5-6-21-15-4-2-1-3-13(14)15/h1-4,7-9,14H,5-6H2,(H,19,20)/t14-/m0/s1. The first-order valence-corrected chi connectivity index (χ1v) is 7.61. The van der Waals surface area contributed by atoms with Crippen molar-refractivity contribution in [2.45, 2.75) is 17.4 Å². The van der Waals surface area contributed by atoms with E-state index < -0.39 is 17.5 Å². The molecule has 0 aromatic heterocycles. The van der Waals surface area contributed by atoms with E-state index in [-0.39, 0.29) is 11.6 Å². The summed E-state index contributed by atoms with van der Waals surface area (Å²) in [5.74, 6) is -1.06. The summed E-state index contributed by atoms with van der Waals surface area (Å²) in [5.41, 5.74) is 1.06. The number of thioether (sulfide) groups is 1. The first-order valence-electron chi connectivity index (χ1n) is 6.62. The lowest BCUT2D eigenvalue weighted by atomic mass is 10.0. The fourth-order valence-corrected chi connectivity index (χ4v) is 3.54. The minimum Gasteiger partial charge on any atom is -0.345 e. The normalized spacial score (nSPS) is 17.1. The number of rotatable bonds is 2. The number of benzene rings is 2. The van der Waals surface area contributed by atoms with Crippen molar-refractivity contribution < 1.29 is 13.6 Å². The minimum absolute atomic E-state index is 0.00297. The van der Waals surface area contributed by atoms with Crippen LogP contribution in [0, 0.1) is 11.6 Å². The molecule has 0 spiro atoms. The van der Waals surface area contributed by atoms with Crippen LogP contribution in [0.1, 0.15) is 28.4 Å². The molecule has 1 amide bonds. The number of hydrogen-bond donors (Lipinski definition) is 1. The molecule has 2 aromatic carbocycles. The Morgan fingerprint density at radius 3 is 2.62 bits per heavy atom. The maximum Gasteiger partial charge on any atom is 0.251 e. The van der Waals surface area contributed by atoms with Gasteiger partial charge in [0, 0.05) is 22.3 Å². The van der Waals surface area contributed by atoms with Gasteiger partial charge in [-0.1, -0.05) is 18.2 Å². The zero-order chi connectivity index (χ0) is 14.8. The molecule has 0 aliphatic carbocycles. The summed E-state index contributed by atoms with van der Waals surface area (Å²) in [6, 6.07) is 10.6. The molecule has 5 heteroatoms. The molecule has 1 heterocycles. The van der Waals surface area contributed by atoms with Gasteiger partial charge in [0.05, 0.1) is 6.04 Å². The van der Waals surface area contributed by atoms with E-state index in [4.69, 9.17) is 0 Å². The summed E-state index contributed by atoms with van der Waals surface area (Å²) in [6.45, 7) is 0. The third-order valence-electron chi connectivity index (χ3n) is 3.39. The number of hydrogen-bond acceptors (Lipinski definition) is 2. The van der Waals surface area contributed by atoms with Crippen LogP contribution in [0.25, 0.3) is 0 Å². The molecule has 21 heavy (non-hydrogen) atoms. The third kappa shape index (κ3) is 3.08. The maximum atomic E-state index is 13.2. The number of amides is 1. The molecule has 0 saturated heterocycles. The molecule has 0 radical (unpaired) electrons. The van der Waals surface area contributed by atoms with Crippen LogP contribution in [-0.2, 0) is 0 Å². The summed E-state index contributed by atoms with van der Waals surface area (Å²) in [4.78, 5) is 13.3. The highest BCUT2D eigenvalue weighted by Gasteiger charge is 2.22. The minimum atomic E-state index is -0.750. The predicted molar refractivity (Wildman–Crippen MR) is 78.3 cm³/mol. The van der Waals surface area contributed by atoms with Gasteiger partial charge in [-0.15, -0.1) is 11.8 Å². The van der Waals surface area contributed by atoms with Crippen LogP contribution in [0.5, 0.6) is 0 Å². The van der Waals surface area contributed by atoms with Gasteiger partial charge >= 0.3 is 0 Å². The third-order valence-corrected chi connectivity index (χ3v) is 4.51. The summed E-state index contributed by atoms with van der Waals surface area (Å²) < 4.78 is 26.4. The Morgan fingerprint density at radius 2 is 1.86 bits per heavy atom. The van der Waals surface area contributed by atoms with E-state index >= 15 is 0 Å². The monoisotopic (exact) mass is 305 g/mol. The molecule has 1 aliphatic heterocycles. The highest BCUT2D eigenvalue weighted by atomic mass is 32.2.